The minimum Gasteiger partial charge on any atom is -0.507 e. The minimum atomic E-state index is -0.342. The Hall–Kier alpha value is -3.12. The Morgan fingerprint density at radius 3 is 2.76 bits per heavy atom. The number of pyridine rings is 1. The minimum absolute atomic E-state index is 0.0327. The van der Waals surface area contributed by atoms with Gasteiger partial charge in [0.15, 0.2) is 12.6 Å². The molecule has 3 rings (SSSR count). The Morgan fingerprint density at radius 1 is 1.27 bits per heavy atom. The number of ether oxygens (including phenoxy) is 3. The lowest BCUT2D eigenvalue weighted by atomic mass is 9.72. The van der Waals surface area contributed by atoms with Crippen molar-refractivity contribution in [3.05, 3.63) is 71.1 Å². The number of hydrogen-bond acceptors (Lipinski definition) is 6. The van der Waals surface area contributed by atoms with Gasteiger partial charge in [-0.1, -0.05) is 29.4 Å². The molecule has 1 aromatic carbocycles. The van der Waals surface area contributed by atoms with Crippen molar-refractivity contribution >= 4 is 5.78 Å². The molecule has 1 aliphatic carbocycles. The first-order chi connectivity index (χ1) is 15.9. The Labute approximate surface area is 195 Å². The molecule has 0 bridgehead atoms. The van der Waals surface area contributed by atoms with E-state index >= 15 is 0 Å². The fourth-order valence-electron chi connectivity index (χ4n) is 4.31. The zero-order chi connectivity index (χ0) is 23.8. The van der Waals surface area contributed by atoms with Crippen molar-refractivity contribution in [2.45, 2.75) is 45.4 Å². The molecule has 6 heteroatoms. The number of methoxy groups -OCH3 is 2. The van der Waals surface area contributed by atoms with Crippen molar-refractivity contribution < 1.29 is 24.1 Å². The number of hydrogen-bond donors (Lipinski definition) is 1. The molecule has 0 saturated heterocycles. The van der Waals surface area contributed by atoms with Gasteiger partial charge in [-0.25, -0.2) is 0 Å². The van der Waals surface area contributed by atoms with E-state index in [0.717, 1.165) is 24.8 Å². The Morgan fingerprint density at radius 2 is 2.09 bits per heavy atom. The highest BCUT2D eigenvalue weighted by Gasteiger charge is 2.36. The molecule has 0 aliphatic heterocycles. The van der Waals surface area contributed by atoms with Crippen molar-refractivity contribution in [2.75, 3.05) is 21.0 Å². The third kappa shape index (κ3) is 6.23. The number of allylic oxidation sites excluding steroid dienone is 4. The van der Waals surface area contributed by atoms with Crippen LogP contribution in [0.1, 0.15) is 61.4 Å². The van der Waals surface area contributed by atoms with Crippen LogP contribution in [0, 0.1) is 5.92 Å². The second-order valence-corrected chi connectivity index (χ2v) is 8.56. The maximum atomic E-state index is 13.8. The van der Waals surface area contributed by atoms with Gasteiger partial charge in [0.2, 0.25) is 0 Å². The monoisotopic (exact) mass is 451 g/mol. The highest BCUT2D eigenvalue weighted by Crippen LogP contribution is 2.44. The summed E-state index contributed by atoms with van der Waals surface area (Å²) in [5.74, 6) is -0.0327. The molecule has 1 N–H and O–H groups in total. The summed E-state index contributed by atoms with van der Waals surface area (Å²) in [5, 5.41) is 10.7. The summed E-state index contributed by atoms with van der Waals surface area (Å²) in [6.45, 7) is 4.16. The number of ketones is 1. The van der Waals surface area contributed by atoms with Crippen LogP contribution in [0.2, 0.25) is 0 Å². The molecule has 0 unspecified atom stereocenters. The van der Waals surface area contributed by atoms with Crippen molar-refractivity contribution in [1.29, 1.82) is 0 Å². The van der Waals surface area contributed by atoms with Crippen molar-refractivity contribution in [2.24, 2.45) is 5.92 Å². The quantitative estimate of drug-likeness (QED) is 0.278. The zero-order valence-corrected chi connectivity index (χ0v) is 19.8. The number of carbonyl (C=O) groups excluding carboxylic acids is 1. The first-order valence-electron chi connectivity index (χ1n) is 11.2. The predicted octanol–water partition coefficient (Wildman–Crippen LogP) is 5.83. The summed E-state index contributed by atoms with van der Waals surface area (Å²) in [5.41, 5.74) is 3.84. The molecule has 1 heterocycles. The number of aromatic nitrogens is 1. The molecule has 1 aliphatic rings. The molecule has 0 amide bonds. The summed E-state index contributed by atoms with van der Waals surface area (Å²) in [7, 11) is 3.00. The molecular formula is C27H33NO5. The van der Waals surface area contributed by atoms with Crippen LogP contribution >= 0.6 is 0 Å². The Balaban J connectivity index is 1.96. The summed E-state index contributed by atoms with van der Waals surface area (Å²) < 4.78 is 15.9. The van der Waals surface area contributed by atoms with E-state index in [9.17, 15) is 9.90 Å². The van der Waals surface area contributed by atoms with Crippen molar-refractivity contribution in [3.8, 4) is 17.2 Å². The number of aromatic hydroxyl groups is 1. The number of nitrogens with zero attached hydrogens (tertiary/aromatic N) is 1. The van der Waals surface area contributed by atoms with E-state index < -0.39 is 0 Å². The predicted molar refractivity (Wildman–Crippen MR) is 128 cm³/mol. The molecular weight excluding hydrogens is 418 g/mol. The van der Waals surface area contributed by atoms with Gasteiger partial charge in [0, 0.05) is 37.6 Å². The topological polar surface area (TPSA) is 77.9 Å². The van der Waals surface area contributed by atoms with Gasteiger partial charge in [-0.15, -0.1) is 0 Å². The van der Waals surface area contributed by atoms with Gasteiger partial charge < -0.3 is 19.3 Å². The third-order valence-electron chi connectivity index (χ3n) is 5.96. The van der Waals surface area contributed by atoms with Crippen LogP contribution in [-0.2, 0) is 4.74 Å². The van der Waals surface area contributed by atoms with Gasteiger partial charge in [0.1, 0.15) is 22.8 Å². The second kappa shape index (κ2) is 11.7. The van der Waals surface area contributed by atoms with Crippen molar-refractivity contribution in [3.63, 3.8) is 0 Å². The third-order valence-corrected chi connectivity index (χ3v) is 5.96. The lowest BCUT2D eigenvalue weighted by molar-refractivity contribution is 0.0495. The highest BCUT2D eigenvalue weighted by atomic mass is 16.7. The van der Waals surface area contributed by atoms with Crippen LogP contribution in [0.25, 0.3) is 0 Å². The maximum Gasteiger partial charge on any atom is 0.188 e. The SMILES string of the molecule is COCOc1cc(OC)cc(O)c1C(=O)[C@@H]1CC=C(CCC=C(C)C)C[C@H]1c1cccnc1. The second-order valence-electron chi connectivity index (χ2n) is 8.56. The fourth-order valence-corrected chi connectivity index (χ4v) is 4.31. The highest BCUT2D eigenvalue weighted by molar-refractivity contribution is 6.03. The number of benzene rings is 1. The van der Waals surface area contributed by atoms with Gasteiger partial charge in [-0.05, 0) is 57.1 Å². The first-order valence-corrected chi connectivity index (χ1v) is 11.2. The van der Waals surface area contributed by atoms with Gasteiger partial charge in [0.25, 0.3) is 0 Å². The van der Waals surface area contributed by atoms with Gasteiger partial charge in [-0.3, -0.25) is 9.78 Å². The molecule has 2 aromatic rings. The molecule has 1 aromatic heterocycles. The van der Waals surface area contributed by atoms with E-state index in [4.69, 9.17) is 14.2 Å². The van der Waals surface area contributed by atoms with Crippen LogP contribution in [0.3, 0.4) is 0 Å². The number of rotatable bonds is 10. The van der Waals surface area contributed by atoms with E-state index in [1.165, 1.54) is 31.4 Å². The smallest absolute Gasteiger partial charge is 0.188 e. The molecule has 0 fully saturated rings. The molecule has 2 atom stereocenters. The normalized spacial score (nSPS) is 17.8. The van der Waals surface area contributed by atoms with Gasteiger partial charge in [0.05, 0.1) is 7.11 Å². The van der Waals surface area contributed by atoms with E-state index in [1.54, 1.807) is 12.3 Å². The fraction of sp³-hybridized carbons (Fsp3) is 0.407. The lowest BCUT2D eigenvalue weighted by Gasteiger charge is -2.31. The first kappa shape index (κ1) is 24.5. The van der Waals surface area contributed by atoms with Crippen LogP contribution in [0.4, 0.5) is 0 Å². The number of Topliss-reactive ketones (excluding diaryl/α,β-unsaturated/α-hetero) is 1. The average molecular weight is 452 g/mol. The molecule has 0 spiro atoms. The standard InChI is InChI=1S/C27H33NO5/c1-18(2)7-5-8-19-10-11-22(23(13-19)20-9-6-12-28-16-20)27(30)26-24(29)14-21(32-4)15-25(26)33-17-31-3/h6-7,9-10,12,14-16,22-23,29H,5,8,11,13,17H2,1-4H3/t22-,23+/m1/s1. The van der Waals surface area contributed by atoms with Crippen LogP contribution in [0.5, 0.6) is 17.2 Å². The zero-order valence-electron chi connectivity index (χ0n) is 19.8. The summed E-state index contributed by atoms with van der Waals surface area (Å²) in [6, 6.07) is 6.97. The molecule has 0 radical (unpaired) electrons. The number of phenolic OH excluding ortho intramolecular Hbond substituents is 1. The number of phenols is 1. The summed E-state index contributed by atoms with van der Waals surface area (Å²) in [4.78, 5) is 18.1. The Kier molecular flexibility index (Phi) is 8.66. The van der Waals surface area contributed by atoms with Gasteiger partial charge >= 0.3 is 0 Å². The summed E-state index contributed by atoms with van der Waals surface area (Å²) in [6.07, 6.45) is 11.3. The molecule has 33 heavy (non-hydrogen) atoms. The molecule has 6 nitrogen and oxygen atoms in total. The Bertz CT molecular complexity index is 1010. The lowest BCUT2D eigenvalue weighted by Crippen LogP contribution is -2.26. The van der Waals surface area contributed by atoms with E-state index in [-0.39, 0.29) is 41.5 Å². The largest absolute Gasteiger partial charge is 0.507 e. The van der Waals surface area contributed by atoms with E-state index in [0.29, 0.717) is 12.2 Å². The molecule has 0 saturated carbocycles. The van der Waals surface area contributed by atoms with Crippen molar-refractivity contribution in [1.82, 2.24) is 4.98 Å². The van der Waals surface area contributed by atoms with Crippen LogP contribution < -0.4 is 9.47 Å². The average Bonchev–Trinajstić information content (AvgIpc) is 2.82. The number of carbonyl (C=O) groups is 1. The summed E-state index contributed by atoms with van der Waals surface area (Å²) >= 11 is 0. The maximum absolute atomic E-state index is 13.8. The van der Waals surface area contributed by atoms with Crippen LogP contribution in [0.15, 0.2) is 60.0 Å². The van der Waals surface area contributed by atoms with E-state index in [2.05, 4.69) is 31.0 Å². The molecule has 176 valence electrons. The van der Waals surface area contributed by atoms with Gasteiger partial charge in [-0.2, -0.15) is 0 Å². The van der Waals surface area contributed by atoms with E-state index in [1.807, 2.05) is 18.3 Å². The van der Waals surface area contributed by atoms with Crippen LogP contribution in [-0.4, -0.2) is 36.9 Å².